The van der Waals surface area contributed by atoms with Crippen molar-refractivity contribution >= 4 is 12.2 Å². The first-order valence-corrected chi connectivity index (χ1v) is 6.73. The molecule has 0 saturated heterocycles. The van der Waals surface area contributed by atoms with E-state index in [0.29, 0.717) is 44.3 Å². The lowest BCUT2D eigenvalue weighted by atomic mass is 10.3. The topological polar surface area (TPSA) is 94.9 Å². The number of hydrogen-bond acceptors (Lipinski definition) is 7. The Balaban J connectivity index is 2.11. The number of nitriles is 2. The molecule has 7 nitrogen and oxygen atoms in total. The third-order valence-corrected chi connectivity index (χ3v) is 3.05. The van der Waals surface area contributed by atoms with Crippen molar-refractivity contribution in [1.29, 1.82) is 10.5 Å². The summed E-state index contributed by atoms with van der Waals surface area (Å²) in [4.78, 5) is 2.15. The van der Waals surface area contributed by atoms with Gasteiger partial charge in [-0.2, -0.15) is 10.5 Å². The van der Waals surface area contributed by atoms with Crippen LogP contribution in [0.5, 0.6) is 0 Å². The molecule has 0 amide bonds. The second-order valence-electron chi connectivity index (χ2n) is 4.23. The van der Waals surface area contributed by atoms with Gasteiger partial charge in [-0.15, -0.1) is 5.10 Å². The Bertz CT molecular complexity index is 686. The molecule has 108 valence electrons. The molecule has 2 aromatic heterocycles. The van der Waals surface area contributed by atoms with E-state index in [9.17, 15) is 0 Å². The highest BCUT2D eigenvalue weighted by atomic mass is 32.1. The van der Waals surface area contributed by atoms with Crippen LogP contribution in [0.15, 0.2) is 27.2 Å². The zero-order valence-electron chi connectivity index (χ0n) is 11.2. The SMILES string of the molecule is N#CCCN(CCC#N)Cn1nc(-c2ccco2)oc1=S. The van der Waals surface area contributed by atoms with E-state index in [2.05, 4.69) is 17.2 Å². The van der Waals surface area contributed by atoms with Crippen molar-refractivity contribution < 1.29 is 8.83 Å². The van der Waals surface area contributed by atoms with Gasteiger partial charge in [-0.1, -0.05) is 0 Å². The van der Waals surface area contributed by atoms with Crippen LogP contribution < -0.4 is 0 Å². The van der Waals surface area contributed by atoms with Crippen molar-refractivity contribution in [2.45, 2.75) is 19.5 Å². The minimum Gasteiger partial charge on any atom is -0.459 e. The largest absolute Gasteiger partial charge is 0.459 e. The summed E-state index contributed by atoms with van der Waals surface area (Å²) >= 11 is 5.13. The van der Waals surface area contributed by atoms with Crippen molar-refractivity contribution in [2.75, 3.05) is 13.1 Å². The van der Waals surface area contributed by atoms with E-state index in [1.54, 1.807) is 12.1 Å². The van der Waals surface area contributed by atoms with Gasteiger partial charge in [0.25, 0.3) is 10.7 Å². The Hall–Kier alpha value is -2.42. The van der Waals surface area contributed by atoms with E-state index in [1.165, 1.54) is 10.9 Å². The molecule has 2 aromatic rings. The molecule has 0 aliphatic heterocycles. The molecular weight excluding hydrogens is 290 g/mol. The maximum atomic E-state index is 8.67. The zero-order chi connectivity index (χ0) is 15.1. The lowest BCUT2D eigenvalue weighted by Crippen LogP contribution is -2.29. The summed E-state index contributed by atoms with van der Waals surface area (Å²) in [6.45, 7) is 1.46. The van der Waals surface area contributed by atoms with Crippen molar-refractivity contribution in [3.63, 3.8) is 0 Å². The predicted molar refractivity (Wildman–Crippen MR) is 75.1 cm³/mol. The van der Waals surface area contributed by atoms with Crippen molar-refractivity contribution in [3.05, 3.63) is 23.2 Å². The summed E-state index contributed by atoms with van der Waals surface area (Å²) < 4.78 is 12.1. The highest BCUT2D eigenvalue weighted by Crippen LogP contribution is 2.18. The second kappa shape index (κ2) is 7.39. The number of furan rings is 1. The summed E-state index contributed by atoms with van der Waals surface area (Å²) in [5, 5.41) is 21.6. The van der Waals surface area contributed by atoms with Gasteiger partial charge in [-0.25, -0.2) is 4.68 Å². The number of aromatic nitrogens is 2. The van der Waals surface area contributed by atoms with Crippen LogP contribution >= 0.6 is 12.2 Å². The fourth-order valence-corrected chi connectivity index (χ4v) is 1.93. The van der Waals surface area contributed by atoms with Crippen LogP contribution in [0.25, 0.3) is 11.7 Å². The molecule has 21 heavy (non-hydrogen) atoms. The standard InChI is InChI=1S/C13H13N5O2S/c14-5-2-7-17(8-3-6-15)10-18-13(21)20-12(16-18)11-4-1-9-19-11/h1,4,9H,2-3,7-8,10H2. The summed E-state index contributed by atoms with van der Waals surface area (Å²) in [7, 11) is 0. The summed E-state index contributed by atoms with van der Waals surface area (Å²) in [5.41, 5.74) is 0. The van der Waals surface area contributed by atoms with Crippen molar-refractivity contribution in [3.8, 4) is 23.8 Å². The fraction of sp³-hybridized carbons (Fsp3) is 0.385. The van der Waals surface area contributed by atoms with Crippen LogP contribution in [0.1, 0.15) is 12.8 Å². The summed E-state index contributed by atoms with van der Waals surface area (Å²) in [5.74, 6) is 0.811. The van der Waals surface area contributed by atoms with Crippen LogP contribution in [0.4, 0.5) is 0 Å². The van der Waals surface area contributed by atoms with Crippen LogP contribution in [0.2, 0.25) is 0 Å². The van der Waals surface area contributed by atoms with Crippen LogP contribution in [-0.4, -0.2) is 27.8 Å². The van der Waals surface area contributed by atoms with E-state index in [0.717, 1.165) is 0 Å². The monoisotopic (exact) mass is 303 g/mol. The third-order valence-electron chi connectivity index (χ3n) is 2.75. The van der Waals surface area contributed by atoms with Crippen LogP contribution in [0.3, 0.4) is 0 Å². The number of hydrogen-bond donors (Lipinski definition) is 0. The molecule has 2 heterocycles. The molecule has 0 radical (unpaired) electrons. The first-order chi connectivity index (χ1) is 10.2. The first-order valence-electron chi connectivity index (χ1n) is 6.32. The lowest BCUT2D eigenvalue weighted by molar-refractivity contribution is 0.211. The summed E-state index contributed by atoms with van der Waals surface area (Å²) in [6, 6.07) is 7.63. The molecule has 2 rings (SSSR count). The van der Waals surface area contributed by atoms with Gasteiger partial charge in [0.05, 0.1) is 25.1 Å². The Kier molecular flexibility index (Phi) is 5.27. The van der Waals surface area contributed by atoms with Gasteiger partial charge >= 0.3 is 0 Å². The van der Waals surface area contributed by atoms with Crippen LogP contribution in [-0.2, 0) is 6.67 Å². The Morgan fingerprint density at radius 1 is 1.29 bits per heavy atom. The molecule has 0 N–H and O–H groups in total. The second-order valence-corrected chi connectivity index (χ2v) is 4.57. The molecule has 0 aliphatic carbocycles. The molecule has 0 fully saturated rings. The third kappa shape index (κ3) is 4.02. The average molecular weight is 303 g/mol. The Labute approximate surface area is 126 Å². The van der Waals surface area contributed by atoms with Gasteiger partial charge in [0, 0.05) is 25.9 Å². The summed E-state index contributed by atoms with van der Waals surface area (Å²) in [6.07, 6.45) is 2.28. The van der Waals surface area contributed by atoms with E-state index in [1.807, 2.05) is 4.90 Å². The quantitative estimate of drug-likeness (QED) is 0.725. The lowest BCUT2D eigenvalue weighted by Gasteiger charge is -2.18. The van der Waals surface area contributed by atoms with Crippen LogP contribution in [0, 0.1) is 27.5 Å². The highest BCUT2D eigenvalue weighted by molar-refractivity contribution is 7.71. The van der Waals surface area contributed by atoms with Gasteiger partial charge in [0.15, 0.2) is 5.76 Å². The van der Waals surface area contributed by atoms with Crippen molar-refractivity contribution in [2.24, 2.45) is 0 Å². The molecule has 0 bridgehead atoms. The molecular formula is C13H13N5O2S. The normalized spacial score (nSPS) is 10.4. The molecule has 0 aliphatic rings. The zero-order valence-corrected chi connectivity index (χ0v) is 12.0. The highest BCUT2D eigenvalue weighted by Gasteiger charge is 2.13. The van der Waals surface area contributed by atoms with Gasteiger partial charge in [-0.05, 0) is 24.4 Å². The van der Waals surface area contributed by atoms with E-state index in [-0.39, 0.29) is 4.84 Å². The smallest absolute Gasteiger partial charge is 0.288 e. The van der Waals surface area contributed by atoms with Gasteiger partial charge in [-0.3, -0.25) is 4.90 Å². The molecule has 0 atom stereocenters. The average Bonchev–Trinajstić information content (AvgIpc) is 3.12. The van der Waals surface area contributed by atoms with E-state index in [4.69, 9.17) is 31.6 Å². The van der Waals surface area contributed by atoms with Gasteiger partial charge in [0.1, 0.15) is 0 Å². The molecule has 8 heteroatoms. The minimum atomic E-state index is 0.223. The maximum absolute atomic E-state index is 8.67. The van der Waals surface area contributed by atoms with Crippen molar-refractivity contribution in [1.82, 2.24) is 14.7 Å². The predicted octanol–water partition coefficient (Wildman–Crippen LogP) is 2.55. The minimum absolute atomic E-state index is 0.223. The molecule has 0 saturated carbocycles. The van der Waals surface area contributed by atoms with E-state index >= 15 is 0 Å². The molecule has 0 spiro atoms. The number of nitrogens with zero attached hydrogens (tertiary/aromatic N) is 5. The Morgan fingerprint density at radius 3 is 2.57 bits per heavy atom. The maximum Gasteiger partial charge on any atom is 0.288 e. The fourth-order valence-electron chi connectivity index (χ4n) is 1.75. The first kappa shape index (κ1) is 15.0. The molecule has 0 aromatic carbocycles. The van der Waals surface area contributed by atoms with Gasteiger partial charge < -0.3 is 8.83 Å². The van der Waals surface area contributed by atoms with Gasteiger partial charge in [0.2, 0.25) is 0 Å². The molecule has 0 unspecified atom stereocenters. The van der Waals surface area contributed by atoms with E-state index < -0.39 is 0 Å². The number of rotatable bonds is 7. The Morgan fingerprint density at radius 2 is 2.00 bits per heavy atom.